The average molecular weight is 293 g/mol. The molecule has 1 aromatic carbocycles. The van der Waals surface area contributed by atoms with Gasteiger partial charge in [-0.25, -0.2) is 0 Å². The second-order valence-corrected chi connectivity index (χ2v) is 5.54. The largest absolute Gasteiger partial charge is 0.493 e. The van der Waals surface area contributed by atoms with E-state index in [0.717, 1.165) is 17.5 Å². The first-order chi connectivity index (χ1) is 10.0. The van der Waals surface area contributed by atoms with Crippen molar-refractivity contribution in [3.05, 3.63) is 23.3 Å². The highest BCUT2D eigenvalue weighted by molar-refractivity contribution is 5.79. The molecule has 1 N–H and O–H groups in total. The topological polar surface area (TPSA) is 59.0 Å². The quantitative estimate of drug-likeness (QED) is 0.919. The zero-order valence-electron chi connectivity index (χ0n) is 13.0. The Morgan fingerprint density at radius 3 is 2.48 bits per heavy atom. The van der Waals surface area contributed by atoms with E-state index in [1.165, 1.54) is 0 Å². The number of nitrogens with zero attached hydrogens (tertiary/aromatic N) is 1. The van der Waals surface area contributed by atoms with E-state index in [9.17, 15) is 9.90 Å². The molecule has 21 heavy (non-hydrogen) atoms. The van der Waals surface area contributed by atoms with E-state index in [4.69, 9.17) is 9.47 Å². The van der Waals surface area contributed by atoms with Crippen LogP contribution in [0.5, 0.6) is 11.5 Å². The van der Waals surface area contributed by atoms with Gasteiger partial charge in [-0.3, -0.25) is 4.79 Å². The summed E-state index contributed by atoms with van der Waals surface area (Å²) in [4.78, 5) is 14.1. The van der Waals surface area contributed by atoms with Crippen molar-refractivity contribution in [3.63, 3.8) is 0 Å². The molecule has 0 saturated heterocycles. The smallest absolute Gasteiger partial charge is 0.225 e. The summed E-state index contributed by atoms with van der Waals surface area (Å²) < 4.78 is 10.6. The summed E-state index contributed by atoms with van der Waals surface area (Å²) in [5.41, 5.74) is 2.04. The minimum atomic E-state index is -0.316. The van der Waals surface area contributed by atoms with Crippen molar-refractivity contribution in [2.45, 2.75) is 26.3 Å². The van der Waals surface area contributed by atoms with Gasteiger partial charge >= 0.3 is 0 Å². The van der Waals surface area contributed by atoms with Crippen LogP contribution in [0.4, 0.5) is 0 Å². The predicted octanol–water partition coefficient (Wildman–Crippen LogP) is 1.78. The number of aliphatic hydroxyl groups is 1. The maximum absolute atomic E-state index is 12.3. The van der Waals surface area contributed by atoms with Crippen molar-refractivity contribution < 1.29 is 19.4 Å². The normalized spacial score (nSPS) is 17.6. The fourth-order valence-corrected chi connectivity index (χ4v) is 2.82. The van der Waals surface area contributed by atoms with Crippen LogP contribution < -0.4 is 9.47 Å². The molecule has 0 saturated carbocycles. The third-order valence-corrected chi connectivity index (χ3v) is 3.95. The molecule has 0 aliphatic carbocycles. The summed E-state index contributed by atoms with van der Waals surface area (Å²) in [6, 6.07) is 3.49. The average Bonchev–Trinajstić information content (AvgIpc) is 2.51. The molecule has 1 aliphatic rings. The fourth-order valence-electron chi connectivity index (χ4n) is 2.82. The number of aliphatic hydroxyl groups excluding tert-OH is 1. The highest BCUT2D eigenvalue weighted by Gasteiger charge is 2.32. The number of amides is 1. The molecule has 1 aromatic rings. The summed E-state index contributed by atoms with van der Waals surface area (Å²) in [5, 5.41) is 9.76. The molecule has 2 rings (SSSR count). The Kier molecular flexibility index (Phi) is 4.73. The molecule has 1 heterocycles. The molecule has 1 aliphatic heterocycles. The number of fused-ring (bicyclic) bond motifs is 1. The third kappa shape index (κ3) is 2.83. The Morgan fingerprint density at radius 1 is 1.33 bits per heavy atom. The lowest BCUT2D eigenvalue weighted by Gasteiger charge is -2.37. The molecule has 5 nitrogen and oxygen atoms in total. The van der Waals surface area contributed by atoms with E-state index in [0.29, 0.717) is 18.0 Å². The summed E-state index contributed by atoms with van der Waals surface area (Å²) in [6.45, 7) is 4.27. The molecule has 0 bridgehead atoms. The molecular weight excluding hydrogens is 270 g/mol. The molecule has 0 aromatic heterocycles. The minimum absolute atomic E-state index is 0.0643. The molecule has 1 unspecified atom stereocenters. The van der Waals surface area contributed by atoms with Crippen LogP contribution in [-0.4, -0.2) is 43.3 Å². The van der Waals surface area contributed by atoms with E-state index in [1.54, 1.807) is 19.1 Å². The van der Waals surface area contributed by atoms with Crippen molar-refractivity contribution in [2.24, 2.45) is 5.92 Å². The molecular formula is C16H23NO4. The Hall–Kier alpha value is -1.75. The van der Waals surface area contributed by atoms with Gasteiger partial charge in [-0.1, -0.05) is 13.8 Å². The second kappa shape index (κ2) is 6.35. The van der Waals surface area contributed by atoms with Gasteiger partial charge < -0.3 is 19.5 Å². The van der Waals surface area contributed by atoms with Crippen molar-refractivity contribution in [3.8, 4) is 11.5 Å². The molecule has 0 spiro atoms. The van der Waals surface area contributed by atoms with Gasteiger partial charge in [-0.15, -0.1) is 0 Å². The number of carbonyl (C=O) groups excluding carboxylic acids is 1. The highest BCUT2D eigenvalue weighted by atomic mass is 16.5. The van der Waals surface area contributed by atoms with Crippen LogP contribution in [0.15, 0.2) is 12.1 Å². The number of ether oxygens (including phenoxy) is 2. The van der Waals surface area contributed by atoms with Crippen LogP contribution in [0.2, 0.25) is 0 Å². The monoisotopic (exact) mass is 293 g/mol. The van der Waals surface area contributed by atoms with E-state index < -0.39 is 0 Å². The van der Waals surface area contributed by atoms with Crippen molar-refractivity contribution in [1.29, 1.82) is 0 Å². The summed E-state index contributed by atoms with van der Waals surface area (Å²) in [7, 11) is 3.18. The lowest BCUT2D eigenvalue weighted by molar-refractivity contribution is -0.138. The summed E-state index contributed by atoms with van der Waals surface area (Å²) in [6.07, 6.45) is 0.755. The van der Waals surface area contributed by atoms with Crippen molar-refractivity contribution in [2.75, 3.05) is 27.4 Å². The third-order valence-electron chi connectivity index (χ3n) is 3.95. The SMILES string of the molecule is COc1cc2c(cc1OC)C(CO)N(C(=O)C(C)C)CC2. The Morgan fingerprint density at radius 2 is 1.95 bits per heavy atom. The molecule has 116 valence electrons. The fraction of sp³-hybridized carbons (Fsp3) is 0.562. The number of benzene rings is 1. The highest BCUT2D eigenvalue weighted by Crippen LogP contribution is 2.38. The zero-order chi connectivity index (χ0) is 15.6. The standard InChI is InChI=1S/C16H23NO4/c1-10(2)16(19)17-6-5-11-7-14(20-3)15(21-4)8-12(11)13(17)9-18/h7-8,10,13,18H,5-6,9H2,1-4H3. The van der Waals surface area contributed by atoms with Crippen LogP contribution in [0.25, 0.3) is 0 Å². The van der Waals surface area contributed by atoms with Gasteiger partial charge in [0, 0.05) is 12.5 Å². The predicted molar refractivity (Wildman–Crippen MR) is 79.6 cm³/mol. The van der Waals surface area contributed by atoms with Crippen LogP contribution in [-0.2, 0) is 11.2 Å². The first-order valence-corrected chi connectivity index (χ1v) is 7.19. The van der Waals surface area contributed by atoms with Crippen LogP contribution >= 0.6 is 0 Å². The van der Waals surface area contributed by atoms with Gasteiger partial charge in [0.25, 0.3) is 0 Å². The van der Waals surface area contributed by atoms with Gasteiger partial charge in [0.05, 0.1) is 26.9 Å². The van der Waals surface area contributed by atoms with Crippen molar-refractivity contribution >= 4 is 5.91 Å². The molecule has 1 amide bonds. The van der Waals surface area contributed by atoms with Gasteiger partial charge in [0.2, 0.25) is 5.91 Å². The Bertz CT molecular complexity index is 527. The summed E-state index contributed by atoms with van der Waals surface area (Å²) >= 11 is 0. The van der Waals surface area contributed by atoms with E-state index >= 15 is 0 Å². The molecule has 5 heteroatoms. The van der Waals surface area contributed by atoms with Crippen LogP contribution in [0, 0.1) is 5.92 Å². The first kappa shape index (κ1) is 15.6. The number of hydrogen-bond acceptors (Lipinski definition) is 4. The van der Waals surface area contributed by atoms with Crippen molar-refractivity contribution in [1.82, 2.24) is 4.90 Å². The number of methoxy groups -OCH3 is 2. The lowest BCUT2D eigenvalue weighted by Crippen LogP contribution is -2.43. The minimum Gasteiger partial charge on any atom is -0.493 e. The van der Waals surface area contributed by atoms with Gasteiger partial charge in [-0.2, -0.15) is 0 Å². The zero-order valence-corrected chi connectivity index (χ0v) is 13.0. The maximum Gasteiger partial charge on any atom is 0.225 e. The van der Waals surface area contributed by atoms with Crippen LogP contribution in [0.1, 0.15) is 31.0 Å². The van der Waals surface area contributed by atoms with Gasteiger partial charge in [0.15, 0.2) is 11.5 Å². The molecule has 0 fully saturated rings. The summed E-state index contributed by atoms with van der Waals surface area (Å²) in [5.74, 6) is 1.28. The molecule has 0 radical (unpaired) electrons. The van der Waals surface area contributed by atoms with Crippen LogP contribution in [0.3, 0.4) is 0 Å². The number of carbonyl (C=O) groups is 1. The lowest BCUT2D eigenvalue weighted by atomic mass is 9.91. The second-order valence-electron chi connectivity index (χ2n) is 5.54. The van der Waals surface area contributed by atoms with E-state index in [1.807, 2.05) is 26.0 Å². The number of rotatable bonds is 4. The maximum atomic E-state index is 12.3. The van der Waals surface area contributed by atoms with Gasteiger partial charge in [-0.05, 0) is 29.7 Å². The Labute approximate surface area is 125 Å². The van der Waals surface area contributed by atoms with E-state index in [2.05, 4.69) is 0 Å². The van der Waals surface area contributed by atoms with E-state index in [-0.39, 0.29) is 24.5 Å². The van der Waals surface area contributed by atoms with Gasteiger partial charge in [0.1, 0.15) is 0 Å². The number of hydrogen-bond donors (Lipinski definition) is 1. The molecule has 1 atom stereocenters. The Balaban J connectivity index is 2.44. The first-order valence-electron chi connectivity index (χ1n) is 7.19.